The Bertz CT molecular complexity index is 1120. The number of nitrogens with zero attached hydrogens (tertiary/aromatic N) is 2. The Kier molecular flexibility index (Phi) is 4.23. The maximum Gasteiger partial charge on any atom is 0.321 e. The van der Waals surface area contributed by atoms with Crippen LogP contribution in [0.2, 0.25) is 0 Å². The van der Waals surface area contributed by atoms with Gasteiger partial charge in [-0.3, -0.25) is 4.79 Å². The predicted octanol–water partition coefficient (Wildman–Crippen LogP) is 3.90. The quantitative estimate of drug-likeness (QED) is 0.718. The molecule has 1 aromatic carbocycles. The number of hydrogen-bond donors (Lipinski definition) is 1. The summed E-state index contributed by atoms with van der Waals surface area (Å²) in [4.78, 5) is 27.5. The van der Waals surface area contributed by atoms with Crippen molar-refractivity contribution in [3.05, 3.63) is 76.7 Å². The smallest absolute Gasteiger partial charge is 0.321 e. The van der Waals surface area contributed by atoms with Gasteiger partial charge in [-0.15, -0.1) is 0 Å². The summed E-state index contributed by atoms with van der Waals surface area (Å²) < 4.78 is 20.6. The number of amides is 2. The number of carbonyl (C=O) groups excluding carboxylic acids is 1. The molecule has 2 aliphatic rings. The second kappa shape index (κ2) is 6.92. The van der Waals surface area contributed by atoms with Crippen molar-refractivity contribution in [2.75, 3.05) is 18.4 Å². The van der Waals surface area contributed by atoms with Crippen molar-refractivity contribution in [2.24, 2.45) is 5.92 Å². The highest BCUT2D eigenvalue weighted by molar-refractivity contribution is 5.89. The van der Waals surface area contributed by atoms with Crippen LogP contribution in [0.3, 0.4) is 0 Å². The molecular formula is C22H20FN3O3. The van der Waals surface area contributed by atoms with Gasteiger partial charge in [0.15, 0.2) is 0 Å². The fourth-order valence-corrected chi connectivity index (χ4v) is 4.50. The molecule has 3 aromatic rings. The lowest BCUT2D eigenvalue weighted by Gasteiger charge is -2.42. The number of urea groups is 1. The van der Waals surface area contributed by atoms with Gasteiger partial charge in [0.1, 0.15) is 11.6 Å². The van der Waals surface area contributed by atoms with E-state index >= 15 is 0 Å². The summed E-state index contributed by atoms with van der Waals surface area (Å²) in [6.07, 6.45) is 2.51. The SMILES string of the molecule is O=C(Nc1cccc(F)c1)N1CC2CC(C1)c1ccc(-c3ccco3)c(=O)n1C2. The van der Waals surface area contributed by atoms with E-state index in [1.807, 2.05) is 10.6 Å². The van der Waals surface area contributed by atoms with Gasteiger partial charge in [-0.05, 0) is 54.8 Å². The van der Waals surface area contributed by atoms with Gasteiger partial charge in [-0.25, -0.2) is 9.18 Å². The van der Waals surface area contributed by atoms with Crippen LogP contribution in [0.1, 0.15) is 18.0 Å². The molecule has 0 saturated carbocycles. The molecule has 2 bridgehead atoms. The Hall–Kier alpha value is -3.35. The van der Waals surface area contributed by atoms with E-state index in [1.54, 1.807) is 41.5 Å². The number of pyridine rings is 1. The topological polar surface area (TPSA) is 67.5 Å². The van der Waals surface area contributed by atoms with Crippen LogP contribution in [-0.2, 0) is 6.54 Å². The lowest BCUT2D eigenvalue weighted by molar-refractivity contribution is 0.139. The van der Waals surface area contributed by atoms with Gasteiger partial charge in [0.05, 0.1) is 11.8 Å². The second-order valence-corrected chi connectivity index (χ2v) is 7.71. The normalized spacial score (nSPS) is 20.2. The van der Waals surface area contributed by atoms with Crippen LogP contribution in [0.4, 0.5) is 14.9 Å². The molecule has 5 rings (SSSR count). The zero-order valence-electron chi connectivity index (χ0n) is 15.7. The van der Waals surface area contributed by atoms with Gasteiger partial charge in [0.25, 0.3) is 5.56 Å². The molecule has 0 radical (unpaired) electrons. The zero-order valence-corrected chi connectivity index (χ0v) is 15.7. The Balaban J connectivity index is 1.39. The van der Waals surface area contributed by atoms with Crippen molar-refractivity contribution < 1.29 is 13.6 Å². The molecule has 29 heavy (non-hydrogen) atoms. The second-order valence-electron chi connectivity index (χ2n) is 7.71. The fourth-order valence-electron chi connectivity index (χ4n) is 4.50. The third-order valence-corrected chi connectivity index (χ3v) is 5.75. The summed E-state index contributed by atoms with van der Waals surface area (Å²) >= 11 is 0. The van der Waals surface area contributed by atoms with E-state index in [2.05, 4.69) is 5.32 Å². The van der Waals surface area contributed by atoms with E-state index < -0.39 is 0 Å². The summed E-state index contributed by atoms with van der Waals surface area (Å²) in [5, 5.41) is 2.77. The highest BCUT2D eigenvalue weighted by Crippen LogP contribution is 2.36. The number of nitrogens with one attached hydrogen (secondary N) is 1. The van der Waals surface area contributed by atoms with Crippen LogP contribution in [-0.4, -0.2) is 28.6 Å². The van der Waals surface area contributed by atoms with E-state index in [9.17, 15) is 14.0 Å². The summed E-state index contributed by atoms with van der Waals surface area (Å²) in [5.41, 5.74) is 1.89. The third-order valence-electron chi connectivity index (χ3n) is 5.75. The number of halogens is 1. The number of anilines is 1. The molecule has 0 aliphatic carbocycles. The van der Waals surface area contributed by atoms with Gasteiger partial charge < -0.3 is 19.2 Å². The molecule has 4 heterocycles. The largest absolute Gasteiger partial charge is 0.464 e. The number of piperidine rings is 1. The van der Waals surface area contributed by atoms with Gasteiger partial charge >= 0.3 is 6.03 Å². The van der Waals surface area contributed by atoms with Crippen molar-refractivity contribution >= 4 is 11.7 Å². The van der Waals surface area contributed by atoms with Crippen molar-refractivity contribution in [2.45, 2.75) is 18.9 Å². The third kappa shape index (κ3) is 3.22. The minimum absolute atomic E-state index is 0.0511. The summed E-state index contributed by atoms with van der Waals surface area (Å²) in [7, 11) is 0. The van der Waals surface area contributed by atoms with Crippen LogP contribution in [0.5, 0.6) is 0 Å². The van der Waals surface area contributed by atoms with Gasteiger partial charge in [0, 0.05) is 36.9 Å². The molecule has 7 heteroatoms. The molecule has 148 valence electrons. The molecule has 1 N–H and O–H groups in total. The number of aromatic nitrogens is 1. The molecule has 2 unspecified atom stereocenters. The predicted molar refractivity (Wildman–Crippen MR) is 106 cm³/mol. The Morgan fingerprint density at radius 3 is 2.79 bits per heavy atom. The Labute approximate surface area is 166 Å². The van der Waals surface area contributed by atoms with Crippen LogP contribution >= 0.6 is 0 Å². The van der Waals surface area contributed by atoms with Crippen LogP contribution in [0.25, 0.3) is 11.3 Å². The molecule has 1 fully saturated rings. The van der Waals surface area contributed by atoms with Gasteiger partial charge in [-0.1, -0.05) is 6.07 Å². The first-order valence-corrected chi connectivity index (χ1v) is 9.67. The summed E-state index contributed by atoms with van der Waals surface area (Å²) in [5.74, 6) is 0.472. The zero-order chi connectivity index (χ0) is 20.0. The average molecular weight is 393 g/mol. The number of carbonyl (C=O) groups is 1. The molecule has 2 amide bonds. The first kappa shape index (κ1) is 17.7. The molecular weight excluding hydrogens is 373 g/mol. The number of rotatable bonds is 2. The standard InChI is InChI=1S/C22H20FN3O3/c23-16-3-1-4-17(10-16)24-22(28)25-11-14-9-15(13-25)19-7-6-18(20-5-2-8-29-20)21(27)26(19)12-14/h1-8,10,14-15H,9,11-13H2,(H,24,28). The van der Waals surface area contributed by atoms with Crippen molar-refractivity contribution in [1.29, 1.82) is 0 Å². The minimum atomic E-state index is -0.390. The van der Waals surface area contributed by atoms with E-state index in [-0.39, 0.29) is 29.2 Å². The van der Waals surface area contributed by atoms with Gasteiger partial charge in [-0.2, -0.15) is 0 Å². The molecule has 6 nitrogen and oxygen atoms in total. The minimum Gasteiger partial charge on any atom is -0.464 e. The molecule has 0 spiro atoms. The molecule has 1 saturated heterocycles. The fraction of sp³-hybridized carbons (Fsp3) is 0.273. The van der Waals surface area contributed by atoms with Gasteiger partial charge in [0.2, 0.25) is 0 Å². The number of hydrogen-bond acceptors (Lipinski definition) is 3. The highest BCUT2D eigenvalue weighted by Gasteiger charge is 2.36. The van der Waals surface area contributed by atoms with Crippen LogP contribution in [0.15, 0.2) is 64.0 Å². The van der Waals surface area contributed by atoms with Crippen molar-refractivity contribution in [3.8, 4) is 11.3 Å². The lowest BCUT2D eigenvalue weighted by Crippen LogP contribution is -2.50. The number of benzene rings is 1. The van der Waals surface area contributed by atoms with E-state index in [0.29, 0.717) is 36.6 Å². The monoisotopic (exact) mass is 393 g/mol. The molecule has 2 aromatic heterocycles. The van der Waals surface area contributed by atoms with E-state index in [1.165, 1.54) is 12.1 Å². The van der Waals surface area contributed by atoms with E-state index in [4.69, 9.17) is 4.42 Å². The van der Waals surface area contributed by atoms with Crippen molar-refractivity contribution in [3.63, 3.8) is 0 Å². The maximum atomic E-state index is 13.4. The summed E-state index contributed by atoms with van der Waals surface area (Å²) in [6.45, 7) is 1.66. The molecule has 2 atom stereocenters. The number of fused-ring (bicyclic) bond motifs is 4. The Morgan fingerprint density at radius 1 is 1.10 bits per heavy atom. The first-order valence-electron chi connectivity index (χ1n) is 9.67. The van der Waals surface area contributed by atoms with E-state index in [0.717, 1.165) is 12.1 Å². The molecule has 2 aliphatic heterocycles. The highest BCUT2D eigenvalue weighted by atomic mass is 19.1. The number of likely N-dealkylation sites (tertiary alicyclic amines) is 1. The average Bonchev–Trinajstić information content (AvgIpc) is 3.23. The Morgan fingerprint density at radius 2 is 2.00 bits per heavy atom. The maximum absolute atomic E-state index is 13.4. The lowest BCUT2D eigenvalue weighted by atomic mass is 9.83. The van der Waals surface area contributed by atoms with Crippen molar-refractivity contribution in [1.82, 2.24) is 9.47 Å². The number of furan rings is 1. The van der Waals surface area contributed by atoms with Crippen LogP contribution in [0, 0.1) is 11.7 Å². The van der Waals surface area contributed by atoms with Crippen LogP contribution < -0.4 is 10.9 Å². The first-order chi connectivity index (χ1) is 14.1. The summed E-state index contributed by atoms with van der Waals surface area (Å²) in [6, 6.07) is 12.9.